The predicted molar refractivity (Wildman–Crippen MR) is 52.9 cm³/mol. The Kier molecular flexibility index (Phi) is 3.79. The van der Waals surface area contributed by atoms with Crippen LogP contribution in [0, 0.1) is 0 Å². The van der Waals surface area contributed by atoms with Crippen molar-refractivity contribution in [1.29, 1.82) is 0 Å². The van der Waals surface area contributed by atoms with Gasteiger partial charge in [-0.2, -0.15) is 11.8 Å². The van der Waals surface area contributed by atoms with E-state index in [0.717, 1.165) is 5.75 Å². The minimum absolute atomic E-state index is 0.465. The molecule has 3 nitrogen and oxygen atoms in total. The quantitative estimate of drug-likeness (QED) is 0.572. The summed E-state index contributed by atoms with van der Waals surface area (Å²) in [6.45, 7) is 0. The van der Waals surface area contributed by atoms with Crippen LogP contribution in [0.2, 0.25) is 0 Å². The molecule has 0 saturated carbocycles. The summed E-state index contributed by atoms with van der Waals surface area (Å²) in [5.74, 6) is 0.455. The van der Waals surface area contributed by atoms with E-state index in [1.54, 1.807) is 29.4 Å². The normalized spacial score (nSPS) is 9.69. The molecule has 1 rings (SSSR count). The number of thioether (sulfide) groups is 1. The van der Waals surface area contributed by atoms with Gasteiger partial charge in [-0.1, -0.05) is 12.1 Å². The molecule has 1 aromatic rings. The Hall–Kier alpha value is -1.00. The molecule has 0 radical (unpaired) electrons. The smallest absolute Gasteiger partial charge is 0.274 e. The number of hydroxylamine groups is 1. The average molecular weight is 197 g/mol. The summed E-state index contributed by atoms with van der Waals surface area (Å²) in [4.78, 5) is 10.9. The van der Waals surface area contributed by atoms with E-state index >= 15 is 0 Å². The van der Waals surface area contributed by atoms with Gasteiger partial charge in [-0.25, -0.2) is 5.48 Å². The average Bonchev–Trinajstić information content (AvgIpc) is 2.18. The maximum Gasteiger partial charge on any atom is 0.274 e. The fourth-order valence-electron chi connectivity index (χ4n) is 0.984. The van der Waals surface area contributed by atoms with Gasteiger partial charge in [0.2, 0.25) is 0 Å². The number of nitrogens with one attached hydrogen (secondary N) is 1. The van der Waals surface area contributed by atoms with Gasteiger partial charge < -0.3 is 0 Å². The summed E-state index contributed by atoms with van der Waals surface area (Å²) >= 11 is 1.72. The van der Waals surface area contributed by atoms with E-state index in [2.05, 4.69) is 0 Å². The lowest BCUT2D eigenvalue weighted by Gasteiger charge is -2.00. The molecule has 0 saturated heterocycles. The first-order chi connectivity index (χ1) is 6.27. The molecule has 0 heterocycles. The van der Waals surface area contributed by atoms with Crippen LogP contribution in [0.3, 0.4) is 0 Å². The second-order valence-electron chi connectivity index (χ2n) is 2.57. The zero-order valence-electron chi connectivity index (χ0n) is 7.28. The molecule has 0 aliphatic rings. The van der Waals surface area contributed by atoms with Crippen LogP contribution in [-0.2, 0) is 5.75 Å². The second-order valence-corrected chi connectivity index (χ2v) is 3.44. The maximum atomic E-state index is 10.9. The van der Waals surface area contributed by atoms with Crippen LogP contribution in [0.1, 0.15) is 15.9 Å². The van der Waals surface area contributed by atoms with Gasteiger partial charge >= 0.3 is 0 Å². The topological polar surface area (TPSA) is 49.3 Å². The third-order valence-corrected chi connectivity index (χ3v) is 2.25. The lowest BCUT2D eigenvalue weighted by Crippen LogP contribution is -2.18. The summed E-state index contributed by atoms with van der Waals surface area (Å²) in [6.07, 6.45) is 2.02. The van der Waals surface area contributed by atoms with Crippen LogP contribution >= 0.6 is 11.8 Å². The molecular weight excluding hydrogens is 186 g/mol. The van der Waals surface area contributed by atoms with E-state index in [9.17, 15) is 4.79 Å². The Balaban J connectivity index is 2.75. The molecule has 0 aliphatic carbocycles. The van der Waals surface area contributed by atoms with Crippen molar-refractivity contribution in [3.63, 3.8) is 0 Å². The van der Waals surface area contributed by atoms with Crippen molar-refractivity contribution in [1.82, 2.24) is 5.48 Å². The summed E-state index contributed by atoms with van der Waals surface area (Å²) in [5, 5.41) is 8.36. The van der Waals surface area contributed by atoms with Gasteiger partial charge in [0.05, 0.1) is 0 Å². The Morgan fingerprint density at radius 2 is 2.08 bits per heavy atom. The Labute approximate surface area is 81.1 Å². The molecule has 0 atom stereocenters. The van der Waals surface area contributed by atoms with Crippen LogP contribution in [0.25, 0.3) is 0 Å². The summed E-state index contributed by atoms with van der Waals surface area (Å²) in [6, 6.07) is 7.14. The highest BCUT2D eigenvalue weighted by Crippen LogP contribution is 2.10. The zero-order valence-corrected chi connectivity index (χ0v) is 8.10. The van der Waals surface area contributed by atoms with E-state index in [1.807, 2.05) is 18.4 Å². The summed E-state index contributed by atoms with van der Waals surface area (Å²) in [7, 11) is 0. The molecule has 0 bridgehead atoms. The minimum atomic E-state index is -0.476. The van der Waals surface area contributed by atoms with Gasteiger partial charge in [-0.05, 0) is 24.0 Å². The number of amides is 1. The van der Waals surface area contributed by atoms with E-state index in [0.29, 0.717) is 5.56 Å². The predicted octanol–water partition coefficient (Wildman–Crippen LogP) is 1.67. The van der Waals surface area contributed by atoms with Crippen molar-refractivity contribution in [3.05, 3.63) is 35.4 Å². The highest BCUT2D eigenvalue weighted by molar-refractivity contribution is 7.97. The molecule has 1 amide bonds. The molecule has 13 heavy (non-hydrogen) atoms. The Morgan fingerprint density at radius 3 is 2.54 bits per heavy atom. The van der Waals surface area contributed by atoms with E-state index < -0.39 is 5.91 Å². The van der Waals surface area contributed by atoms with Gasteiger partial charge in [0.25, 0.3) is 5.91 Å². The van der Waals surface area contributed by atoms with Gasteiger partial charge in [0.15, 0.2) is 0 Å². The first kappa shape index (κ1) is 10.1. The van der Waals surface area contributed by atoms with Gasteiger partial charge in [-0.3, -0.25) is 10.0 Å². The molecule has 0 aromatic heterocycles. The molecule has 0 unspecified atom stereocenters. The fourth-order valence-corrected chi connectivity index (χ4v) is 1.51. The van der Waals surface area contributed by atoms with Crippen molar-refractivity contribution in [2.75, 3.05) is 6.26 Å². The van der Waals surface area contributed by atoms with Crippen LogP contribution in [0.5, 0.6) is 0 Å². The summed E-state index contributed by atoms with van der Waals surface area (Å²) < 4.78 is 0. The van der Waals surface area contributed by atoms with Gasteiger partial charge in [-0.15, -0.1) is 0 Å². The first-order valence-corrected chi connectivity index (χ1v) is 5.19. The molecular formula is C9H11NO2S. The standard InChI is InChI=1S/C9H11NO2S/c1-13-6-7-2-4-8(5-3-7)9(11)10-12/h2-5,12H,6H2,1H3,(H,10,11). The maximum absolute atomic E-state index is 10.9. The molecule has 0 fully saturated rings. The third-order valence-electron chi connectivity index (χ3n) is 1.63. The number of rotatable bonds is 3. The van der Waals surface area contributed by atoms with E-state index in [4.69, 9.17) is 5.21 Å². The van der Waals surface area contributed by atoms with Crippen LogP contribution < -0.4 is 5.48 Å². The number of hydrogen-bond acceptors (Lipinski definition) is 3. The Morgan fingerprint density at radius 1 is 1.46 bits per heavy atom. The largest absolute Gasteiger partial charge is 0.288 e. The highest BCUT2D eigenvalue weighted by atomic mass is 32.2. The monoisotopic (exact) mass is 197 g/mol. The number of carbonyl (C=O) groups is 1. The van der Waals surface area contributed by atoms with Crippen LogP contribution in [0.4, 0.5) is 0 Å². The summed E-state index contributed by atoms with van der Waals surface area (Å²) in [5.41, 5.74) is 3.22. The lowest BCUT2D eigenvalue weighted by atomic mass is 10.1. The molecule has 1 aromatic carbocycles. The van der Waals surface area contributed by atoms with Crippen molar-refractivity contribution >= 4 is 17.7 Å². The third kappa shape index (κ3) is 2.75. The first-order valence-electron chi connectivity index (χ1n) is 3.80. The number of benzene rings is 1. The molecule has 0 spiro atoms. The minimum Gasteiger partial charge on any atom is -0.288 e. The SMILES string of the molecule is CSCc1ccc(C(=O)NO)cc1. The number of hydrogen-bond donors (Lipinski definition) is 2. The zero-order chi connectivity index (χ0) is 9.68. The number of carbonyl (C=O) groups excluding carboxylic acids is 1. The fraction of sp³-hybridized carbons (Fsp3) is 0.222. The van der Waals surface area contributed by atoms with Crippen LogP contribution in [-0.4, -0.2) is 17.4 Å². The van der Waals surface area contributed by atoms with Gasteiger partial charge in [0, 0.05) is 11.3 Å². The molecule has 2 N–H and O–H groups in total. The van der Waals surface area contributed by atoms with Crippen molar-refractivity contribution in [2.45, 2.75) is 5.75 Å². The van der Waals surface area contributed by atoms with Crippen molar-refractivity contribution in [2.24, 2.45) is 0 Å². The molecule has 70 valence electrons. The second kappa shape index (κ2) is 4.89. The van der Waals surface area contributed by atoms with Crippen LogP contribution in [0.15, 0.2) is 24.3 Å². The van der Waals surface area contributed by atoms with E-state index in [-0.39, 0.29) is 0 Å². The van der Waals surface area contributed by atoms with Crippen molar-refractivity contribution in [3.8, 4) is 0 Å². The molecule has 4 heteroatoms. The highest BCUT2D eigenvalue weighted by Gasteiger charge is 2.02. The Bertz CT molecular complexity index is 284. The van der Waals surface area contributed by atoms with Gasteiger partial charge in [0.1, 0.15) is 0 Å². The van der Waals surface area contributed by atoms with E-state index in [1.165, 1.54) is 5.56 Å². The lowest BCUT2D eigenvalue weighted by molar-refractivity contribution is 0.0706. The van der Waals surface area contributed by atoms with Crippen molar-refractivity contribution < 1.29 is 10.0 Å². The molecule has 0 aliphatic heterocycles.